The highest BCUT2D eigenvalue weighted by atomic mass is 32.2. The van der Waals surface area contributed by atoms with Gasteiger partial charge in [0.25, 0.3) is 11.8 Å². The number of hydrogen-bond acceptors (Lipinski definition) is 5. The van der Waals surface area contributed by atoms with Crippen LogP contribution in [0.3, 0.4) is 0 Å². The Morgan fingerprint density at radius 1 is 0.972 bits per heavy atom. The maximum atomic E-state index is 13.9. The summed E-state index contributed by atoms with van der Waals surface area (Å²) in [6.07, 6.45) is 1.57. The number of sulfonamides is 1. The van der Waals surface area contributed by atoms with Gasteiger partial charge in [0.2, 0.25) is 10.0 Å². The molecule has 0 radical (unpaired) electrons. The molecule has 1 saturated heterocycles. The number of carbonyl (C=O) groups excluding carboxylic acids is 2. The second kappa shape index (κ2) is 11.0. The van der Waals surface area contributed by atoms with E-state index >= 15 is 0 Å². The lowest BCUT2D eigenvalue weighted by molar-refractivity contribution is -0.132. The third-order valence-corrected chi connectivity index (χ3v) is 8.47. The van der Waals surface area contributed by atoms with E-state index in [0.717, 1.165) is 40.2 Å². The van der Waals surface area contributed by atoms with Crippen LogP contribution in [0.15, 0.2) is 48.5 Å². The first-order chi connectivity index (χ1) is 17.2. The third kappa shape index (κ3) is 5.91. The van der Waals surface area contributed by atoms with Gasteiger partial charge >= 0.3 is 0 Å². The minimum Gasteiger partial charge on any atom is -0.350 e. The monoisotopic (exact) mass is 520 g/mol. The van der Waals surface area contributed by atoms with Gasteiger partial charge in [0.15, 0.2) is 17.8 Å². The SMILES string of the molecule is NC1CCC(NC(=O)C2N(C(=O)c3ccc(F)c(F)c3)CCCN2S(=O)(=O)Cc2ccccc2)CC1. The van der Waals surface area contributed by atoms with Crippen molar-refractivity contribution in [2.45, 2.75) is 56.1 Å². The first kappa shape index (κ1) is 26.2. The molecule has 2 aromatic carbocycles. The predicted octanol–water partition coefficient (Wildman–Crippen LogP) is 2.35. The molecule has 1 heterocycles. The Hall–Kier alpha value is -2.89. The van der Waals surface area contributed by atoms with Crippen molar-refractivity contribution >= 4 is 21.8 Å². The topological polar surface area (TPSA) is 113 Å². The van der Waals surface area contributed by atoms with Crippen molar-refractivity contribution in [1.82, 2.24) is 14.5 Å². The van der Waals surface area contributed by atoms with Gasteiger partial charge in [-0.3, -0.25) is 9.59 Å². The van der Waals surface area contributed by atoms with E-state index < -0.39 is 39.6 Å². The molecule has 8 nitrogen and oxygen atoms in total. The molecule has 2 fully saturated rings. The molecular weight excluding hydrogens is 490 g/mol. The fourth-order valence-electron chi connectivity index (χ4n) is 4.78. The van der Waals surface area contributed by atoms with E-state index in [1.165, 1.54) is 0 Å². The highest BCUT2D eigenvalue weighted by Gasteiger charge is 2.44. The van der Waals surface area contributed by atoms with Gasteiger partial charge in [-0.15, -0.1) is 0 Å². The second-order valence-corrected chi connectivity index (χ2v) is 11.2. The molecule has 1 unspecified atom stereocenters. The second-order valence-electron chi connectivity index (χ2n) is 9.33. The van der Waals surface area contributed by atoms with Crippen LogP contribution in [0.4, 0.5) is 8.78 Å². The standard InChI is InChI=1S/C25H30F2N4O4S/c26-21-12-7-18(15-22(21)27)25(33)30-13-4-14-31(36(34,35)16-17-5-2-1-3-6-17)24(30)23(32)29-20-10-8-19(28)9-11-20/h1-3,5-7,12,15,19-20,24H,4,8-11,13-14,16,28H2,(H,29,32). The number of nitrogens with zero attached hydrogens (tertiary/aromatic N) is 2. The normalized spacial score (nSPS) is 23.3. The Morgan fingerprint density at radius 2 is 1.67 bits per heavy atom. The van der Waals surface area contributed by atoms with Crippen molar-refractivity contribution in [2.24, 2.45) is 5.73 Å². The van der Waals surface area contributed by atoms with Gasteiger partial charge in [-0.2, -0.15) is 4.31 Å². The Balaban J connectivity index is 1.65. The molecule has 1 aliphatic heterocycles. The molecule has 0 aromatic heterocycles. The molecule has 1 aliphatic carbocycles. The summed E-state index contributed by atoms with van der Waals surface area (Å²) in [5.74, 6) is -4.03. The van der Waals surface area contributed by atoms with Crippen molar-refractivity contribution in [3.8, 4) is 0 Å². The van der Waals surface area contributed by atoms with Crippen molar-refractivity contribution < 1.29 is 26.8 Å². The zero-order chi connectivity index (χ0) is 25.9. The fourth-order valence-corrected chi connectivity index (χ4v) is 6.48. The molecule has 2 aromatic rings. The summed E-state index contributed by atoms with van der Waals surface area (Å²) in [6, 6.07) is 11.1. The van der Waals surface area contributed by atoms with Crippen LogP contribution in [0.1, 0.15) is 48.0 Å². The number of nitrogens with one attached hydrogen (secondary N) is 1. The summed E-state index contributed by atoms with van der Waals surface area (Å²) in [4.78, 5) is 28.0. The van der Waals surface area contributed by atoms with E-state index in [1.54, 1.807) is 30.3 Å². The molecule has 3 N–H and O–H groups in total. The molecule has 0 spiro atoms. The number of rotatable bonds is 6. The van der Waals surface area contributed by atoms with E-state index in [0.29, 0.717) is 18.4 Å². The molecule has 11 heteroatoms. The van der Waals surface area contributed by atoms with Crippen molar-refractivity contribution in [1.29, 1.82) is 0 Å². The quantitative estimate of drug-likeness (QED) is 0.607. The lowest BCUT2D eigenvalue weighted by Crippen LogP contribution is -2.64. The van der Waals surface area contributed by atoms with E-state index in [-0.39, 0.29) is 42.9 Å². The minimum atomic E-state index is -4.02. The van der Waals surface area contributed by atoms with E-state index in [2.05, 4.69) is 5.32 Å². The molecule has 194 valence electrons. The molecule has 2 amide bonds. The van der Waals surface area contributed by atoms with Crippen LogP contribution < -0.4 is 11.1 Å². The number of benzene rings is 2. The number of halogens is 2. The van der Waals surface area contributed by atoms with Crippen LogP contribution in [-0.2, 0) is 20.6 Å². The first-order valence-electron chi connectivity index (χ1n) is 12.0. The molecule has 36 heavy (non-hydrogen) atoms. The summed E-state index contributed by atoms with van der Waals surface area (Å²) in [6.45, 7) is 0.132. The van der Waals surface area contributed by atoms with Crippen molar-refractivity contribution in [3.63, 3.8) is 0 Å². The van der Waals surface area contributed by atoms with Crippen LogP contribution in [0.5, 0.6) is 0 Å². The predicted molar refractivity (Wildman–Crippen MR) is 130 cm³/mol. The zero-order valence-corrected chi connectivity index (χ0v) is 20.6. The number of hydrogen-bond donors (Lipinski definition) is 2. The highest BCUT2D eigenvalue weighted by Crippen LogP contribution is 2.25. The lowest BCUT2D eigenvalue weighted by Gasteiger charge is -2.42. The number of amides is 2. The summed E-state index contributed by atoms with van der Waals surface area (Å²) < 4.78 is 55.4. The smallest absolute Gasteiger partial charge is 0.259 e. The minimum absolute atomic E-state index is 0.0460. The molecule has 4 rings (SSSR count). The summed E-state index contributed by atoms with van der Waals surface area (Å²) in [5.41, 5.74) is 6.34. The molecule has 1 saturated carbocycles. The van der Waals surface area contributed by atoms with E-state index in [9.17, 15) is 26.8 Å². The Labute approximate surface area is 209 Å². The number of nitrogens with two attached hydrogens (primary N) is 1. The van der Waals surface area contributed by atoms with Crippen LogP contribution in [0.25, 0.3) is 0 Å². The van der Waals surface area contributed by atoms with Crippen LogP contribution >= 0.6 is 0 Å². The molecule has 2 aliphatic rings. The lowest BCUT2D eigenvalue weighted by atomic mass is 9.92. The Morgan fingerprint density at radius 3 is 2.33 bits per heavy atom. The summed E-state index contributed by atoms with van der Waals surface area (Å²) in [7, 11) is -4.02. The molecule has 1 atom stereocenters. The van der Waals surface area contributed by atoms with Gasteiger partial charge < -0.3 is 16.0 Å². The molecule has 0 bridgehead atoms. The largest absolute Gasteiger partial charge is 0.350 e. The maximum Gasteiger partial charge on any atom is 0.259 e. The maximum absolute atomic E-state index is 13.9. The van der Waals surface area contributed by atoms with E-state index in [1.807, 2.05) is 0 Å². The van der Waals surface area contributed by atoms with Gasteiger partial charge in [-0.1, -0.05) is 30.3 Å². The Kier molecular flexibility index (Phi) is 8.01. The number of carbonyl (C=O) groups is 2. The first-order valence-corrected chi connectivity index (χ1v) is 13.6. The summed E-state index contributed by atoms with van der Waals surface area (Å²) in [5, 5.41) is 2.90. The van der Waals surface area contributed by atoms with Crippen LogP contribution in [0.2, 0.25) is 0 Å². The van der Waals surface area contributed by atoms with Crippen LogP contribution in [-0.4, -0.2) is 60.8 Å². The Bertz CT molecular complexity index is 1200. The van der Waals surface area contributed by atoms with Gasteiger partial charge in [0, 0.05) is 30.7 Å². The van der Waals surface area contributed by atoms with Gasteiger partial charge in [-0.25, -0.2) is 17.2 Å². The fraction of sp³-hybridized carbons (Fsp3) is 0.440. The third-order valence-electron chi connectivity index (χ3n) is 6.67. The van der Waals surface area contributed by atoms with Crippen molar-refractivity contribution in [3.05, 3.63) is 71.3 Å². The average Bonchev–Trinajstić information content (AvgIpc) is 2.86. The molecular formula is C25H30F2N4O4S. The van der Waals surface area contributed by atoms with E-state index in [4.69, 9.17) is 5.73 Å². The van der Waals surface area contributed by atoms with Gasteiger partial charge in [0.1, 0.15) is 0 Å². The highest BCUT2D eigenvalue weighted by molar-refractivity contribution is 7.88. The van der Waals surface area contributed by atoms with Crippen molar-refractivity contribution in [2.75, 3.05) is 13.1 Å². The van der Waals surface area contributed by atoms with Gasteiger partial charge in [-0.05, 0) is 55.9 Å². The zero-order valence-electron chi connectivity index (χ0n) is 19.8. The average molecular weight is 521 g/mol. The van der Waals surface area contributed by atoms with Gasteiger partial charge in [0.05, 0.1) is 5.75 Å². The summed E-state index contributed by atoms with van der Waals surface area (Å²) >= 11 is 0. The van der Waals surface area contributed by atoms with Crippen LogP contribution in [0, 0.1) is 11.6 Å².